The number of benzene rings is 1. The van der Waals surface area contributed by atoms with Crippen LogP contribution in [0.4, 0.5) is 5.69 Å². The van der Waals surface area contributed by atoms with Gasteiger partial charge >= 0.3 is 0 Å². The monoisotopic (exact) mass is 343 g/mol. The second-order valence-electron chi connectivity index (χ2n) is 4.11. The summed E-state index contributed by atoms with van der Waals surface area (Å²) in [4.78, 5) is 0. The minimum Gasteiger partial charge on any atom is -0.486 e. The van der Waals surface area contributed by atoms with Gasteiger partial charge in [-0.15, -0.1) is 0 Å². The number of aryl methyl sites for hydroxylation is 2. The van der Waals surface area contributed by atoms with Crippen LogP contribution in [0, 0.1) is 6.92 Å². The van der Waals surface area contributed by atoms with E-state index in [1.165, 1.54) is 0 Å². The van der Waals surface area contributed by atoms with Gasteiger partial charge in [0.2, 0.25) is 0 Å². The molecule has 1 aromatic heterocycles. The molecule has 0 radical (unpaired) electrons. The van der Waals surface area contributed by atoms with Gasteiger partial charge in [-0.1, -0.05) is 17.7 Å². The molecule has 0 aliphatic rings. The minimum absolute atomic E-state index is 0.357. The third kappa shape index (κ3) is 2.87. The number of halogens is 2. The molecule has 2 aromatic rings. The van der Waals surface area contributed by atoms with Crippen molar-refractivity contribution in [3.8, 4) is 5.75 Å². The molecule has 0 aliphatic heterocycles. The Bertz CT molecular complexity index is 598. The van der Waals surface area contributed by atoms with Gasteiger partial charge in [-0.05, 0) is 41.9 Å². The maximum Gasteiger partial charge on any atom is 0.136 e. The first-order valence-electron chi connectivity index (χ1n) is 5.93. The van der Waals surface area contributed by atoms with E-state index in [4.69, 9.17) is 22.1 Å². The van der Waals surface area contributed by atoms with Gasteiger partial charge in [0.25, 0.3) is 0 Å². The molecule has 0 saturated heterocycles. The van der Waals surface area contributed by atoms with E-state index >= 15 is 0 Å². The zero-order valence-electron chi connectivity index (χ0n) is 10.8. The van der Waals surface area contributed by atoms with Crippen molar-refractivity contribution in [2.24, 2.45) is 0 Å². The Hall–Kier alpha value is -1.20. The summed E-state index contributed by atoms with van der Waals surface area (Å²) in [7, 11) is 0. The second-order valence-corrected chi connectivity index (χ2v) is 5.28. The molecule has 0 atom stereocenters. The molecule has 1 aromatic carbocycles. The van der Waals surface area contributed by atoms with Crippen molar-refractivity contribution in [1.29, 1.82) is 0 Å². The summed E-state index contributed by atoms with van der Waals surface area (Å²) in [6, 6.07) is 5.51. The smallest absolute Gasteiger partial charge is 0.136 e. The largest absolute Gasteiger partial charge is 0.486 e. The highest BCUT2D eigenvalue weighted by Gasteiger charge is 2.14. The van der Waals surface area contributed by atoms with Crippen LogP contribution in [0.25, 0.3) is 0 Å². The van der Waals surface area contributed by atoms with Crippen LogP contribution >= 0.6 is 27.5 Å². The van der Waals surface area contributed by atoms with Crippen molar-refractivity contribution in [1.82, 2.24) is 9.78 Å². The predicted molar refractivity (Wildman–Crippen MR) is 80.5 cm³/mol. The van der Waals surface area contributed by atoms with Gasteiger partial charge in [-0.3, -0.25) is 4.68 Å². The minimum atomic E-state index is 0.357. The normalized spacial score (nSPS) is 10.7. The van der Waals surface area contributed by atoms with E-state index in [-0.39, 0.29) is 0 Å². The number of nitrogens with two attached hydrogens (primary N) is 1. The molecule has 0 bridgehead atoms. The van der Waals surface area contributed by atoms with Gasteiger partial charge < -0.3 is 10.5 Å². The lowest BCUT2D eigenvalue weighted by atomic mass is 10.3. The fourth-order valence-corrected chi connectivity index (χ4v) is 2.36. The van der Waals surface area contributed by atoms with Crippen molar-refractivity contribution < 1.29 is 4.74 Å². The van der Waals surface area contributed by atoms with Crippen LogP contribution in [0.15, 0.2) is 22.7 Å². The third-order valence-corrected chi connectivity index (χ3v) is 4.15. The maximum absolute atomic E-state index is 6.23. The molecule has 0 amide bonds. The third-order valence-electron chi connectivity index (χ3n) is 2.81. The fourth-order valence-electron chi connectivity index (χ4n) is 1.79. The Morgan fingerprint density at radius 3 is 2.89 bits per heavy atom. The summed E-state index contributed by atoms with van der Waals surface area (Å²) in [5.74, 6) is 0.692. The molecular formula is C13H15BrClN3O. The molecule has 4 nitrogen and oxygen atoms in total. The number of ether oxygens (including phenoxy) is 1. The molecule has 0 fully saturated rings. The topological polar surface area (TPSA) is 53.1 Å². The first-order valence-corrected chi connectivity index (χ1v) is 7.10. The fraction of sp³-hybridized carbons (Fsp3) is 0.308. The van der Waals surface area contributed by atoms with E-state index in [2.05, 4.69) is 21.0 Å². The Labute approximate surface area is 125 Å². The lowest BCUT2D eigenvalue weighted by Crippen LogP contribution is -2.07. The van der Waals surface area contributed by atoms with E-state index in [0.717, 1.165) is 22.4 Å². The van der Waals surface area contributed by atoms with Crippen molar-refractivity contribution in [2.75, 3.05) is 5.73 Å². The highest BCUT2D eigenvalue weighted by molar-refractivity contribution is 9.10. The van der Waals surface area contributed by atoms with Gasteiger partial charge in [-0.25, -0.2) is 0 Å². The summed E-state index contributed by atoms with van der Waals surface area (Å²) in [6.07, 6.45) is 0. The maximum atomic E-state index is 6.23. The Balaban J connectivity index is 2.21. The van der Waals surface area contributed by atoms with Gasteiger partial charge in [0, 0.05) is 12.2 Å². The molecule has 1 heterocycles. The number of aromatic nitrogens is 2. The standard InChI is InChI=1S/C13H15BrClN3O/c1-3-18-10(13(15)8(2)17-18)7-19-11-6-4-5-9(16)12(11)14/h4-6H,3,7,16H2,1-2H3. The molecule has 2 rings (SSSR count). The molecule has 6 heteroatoms. The zero-order chi connectivity index (χ0) is 14.0. The first-order chi connectivity index (χ1) is 9.04. The van der Waals surface area contributed by atoms with Crippen LogP contribution < -0.4 is 10.5 Å². The van der Waals surface area contributed by atoms with Crippen LogP contribution in [0.1, 0.15) is 18.3 Å². The van der Waals surface area contributed by atoms with Crippen molar-refractivity contribution in [3.63, 3.8) is 0 Å². The molecule has 102 valence electrons. The number of nitrogen functional groups attached to an aromatic ring is 1. The summed E-state index contributed by atoms with van der Waals surface area (Å²) in [5, 5.41) is 5.00. The van der Waals surface area contributed by atoms with Gasteiger partial charge in [0.15, 0.2) is 0 Å². The lowest BCUT2D eigenvalue weighted by molar-refractivity contribution is 0.291. The van der Waals surface area contributed by atoms with Crippen LogP contribution in [0.5, 0.6) is 5.75 Å². The average molecular weight is 345 g/mol. The van der Waals surface area contributed by atoms with E-state index in [1.807, 2.05) is 36.7 Å². The molecular weight excluding hydrogens is 330 g/mol. The molecule has 0 saturated carbocycles. The van der Waals surface area contributed by atoms with E-state index < -0.39 is 0 Å². The van der Waals surface area contributed by atoms with Crippen LogP contribution in [0.3, 0.4) is 0 Å². The quantitative estimate of drug-likeness (QED) is 0.859. The Morgan fingerprint density at radius 1 is 1.47 bits per heavy atom. The van der Waals surface area contributed by atoms with Crippen molar-refractivity contribution in [3.05, 3.63) is 39.1 Å². The second kappa shape index (κ2) is 5.84. The first kappa shape index (κ1) is 14.2. The summed E-state index contributed by atoms with van der Waals surface area (Å²) in [6.45, 7) is 5.01. The van der Waals surface area contributed by atoms with Crippen LogP contribution in [0.2, 0.25) is 5.02 Å². The lowest BCUT2D eigenvalue weighted by Gasteiger charge is -2.10. The summed E-state index contributed by atoms with van der Waals surface area (Å²) >= 11 is 9.64. The Morgan fingerprint density at radius 2 is 2.21 bits per heavy atom. The van der Waals surface area contributed by atoms with E-state index in [1.54, 1.807) is 0 Å². The van der Waals surface area contributed by atoms with Crippen molar-refractivity contribution in [2.45, 2.75) is 27.0 Å². The highest BCUT2D eigenvalue weighted by atomic mass is 79.9. The molecule has 19 heavy (non-hydrogen) atoms. The van der Waals surface area contributed by atoms with Crippen LogP contribution in [-0.2, 0) is 13.2 Å². The number of hydrogen-bond acceptors (Lipinski definition) is 3. The number of nitrogens with zero attached hydrogens (tertiary/aromatic N) is 2. The highest BCUT2D eigenvalue weighted by Crippen LogP contribution is 2.31. The van der Waals surface area contributed by atoms with Crippen molar-refractivity contribution >= 4 is 33.2 Å². The van der Waals surface area contributed by atoms with Gasteiger partial charge in [0.05, 0.1) is 20.9 Å². The molecule has 2 N–H and O–H groups in total. The van der Waals surface area contributed by atoms with Gasteiger partial charge in [0.1, 0.15) is 12.4 Å². The number of hydrogen-bond donors (Lipinski definition) is 1. The average Bonchev–Trinajstić information content (AvgIpc) is 2.67. The number of anilines is 1. The van der Waals surface area contributed by atoms with E-state index in [0.29, 0.717) is 23.1 Å². The SMILES string of the molecule is CCn1nc(C)c(Cl)c1COc1cccc(N)c1Br. The molecule has 0 aliphatic carbocycles. The summed E-state index contributed by atoms with van der Waals surface area (Å²) < 4.78 is 8.37. The van der Waals surface area contributed by atoms with Crippen LogP contribution in [-0.4, -0.2) is 9.78 Å². The molecule has 0 unspecified atom stereocenters. The molecule has 0 spiro atoms. The summed E-state index contributed by atoms with van der Waals surface area (Å²) in [5.41, 5.74) is 8.14. The zero-order valence-corrected chi connectivity index (χ0v) is 13.1. The Kier molecular flexibility index (Phi) is 4.37. The number of rotatable bonds is 4. The van der Waals surface area contributed by atoms with Gasteiger partial charge in [-0.2, -0.15) is 5.10 Å². The predicted octanol–water partition coefficient (Wildman–Crippen LogP) is 3.79. The van der Waals surface area contributed by atoms with E-state index in [9.17, 15) is 0 Å².